The van der Waals surface area contributed by atoms with Gasteiger partial charge in [0.2, 0.25) is 0 Å². The van der Waals surface area contributed by atoms with Crippen molar-refractivity contribution in [1.29, 1.82) is 0 Å². The summed E-state index contributed by atoms with van der Waals surface area (Å²) in [7, 11) is 1.92. The smallest absolute Gasteiger partial charge is 0.0967 e. The van der Waals surface area contributed by atoms with Crippen molar-refractivity contribution >= 4 is 11.5 Å². The highest BCUT2D eigenvalue weighted by molar-refractivity contribution is 7.03. The predicted octanol–water partition coefficient (Wildman–Crippen LogP) is 1.10. The van der Waals surface area contributed by atoms with Crippen LogP contribution in [0.4, 0.5) is 0 Å². The lowest BCUT2D eigenvalue weighted by molar-refractivity contribution is 0.281. The molecule has 1 aromatic heterocycles. The van der Waals surface area contributed by atoms with Gasteiger partial charge in [-0.25, -0.2) is 0 Å². The highest BCUT2D eigenvalue weighted by Crippen LogP contribution is 2.25. The second-order valence-electron chi connectivity index (χ2n) is 2.87. The van der Waals surface area contributed by atoms with E-state index in [1.54, 1.807) is 0 Å². The predicted molar refractivity (Wildman–Crippen MR) is 50.4 cm³/mol. The minimum absolute atomic E-state index is 0.168. The van der Waals surface area contributed by atoms with Gasteiger partial charge in [-0.1, -0.05) is 4.49 Å². The van der Waals surface area contributed by atoms with E-state index in [9.17, 15) is 0 Å². The normalized spacial score (nSPS) is 18.1. The highest BCUT2D eigenvalue weighted by Gasteiger charge is 2.20. The summed E-state index contributed by atoms with van der Waals surface area (Å²) in [4.78, 5) is 0. The van der Waals surface area contributed by atoms with Crippen LogP contribution in [0.1, 0.15) is 18.2 Å². The van der Waals surface area contributed by atoms with Gasteiger partial charge in [-0.3, -0.25) is 0 Å². The van der Waals surface area contributed by atoms with E-state index in [1.165, 1.54) is 17.1 Å². The van der Waals surface area contributed by atoms with Crippen molar-refractivity contribution in [3.8, 4) is 0 Å². The average molecular weight is 197 g/mol. The van der Waals surface area contributed by atoms with Crippen molar-refractivity contribution in [3.63, 3.8) is 0 Å². The Morgan fingerprint density at radius 2 is 2.62 bits per heavy atom. The first kappa shape index (κ1) is 8.65. The van der Waals surface area contributed by atoms with Crippen LogP contribution in [0.5, 0.6) is 0 Å². The third kappa shape index (κ3) is 1.71. The monoisotopic (exact) mass is 197 g/mol. The van der Waals surface area contributed by atoms with E-state index in [-0.39, 0.29) is 6.04 Å². The van der Waals surface area contributed by atoms with E-state index in [4.69, 9.17) is 4.74 Å². The summed E-state index contributed by atoms with van der Waals surface area (Å²) in [6.07, 6.45) is 2.80. The van der Waals surface area contributed by atoms with E-state index in [2.05, 4.69) is 14.9 Å². The Hall–Kier alpha value is -0.940. The number of rotatable bonds is 3. The Morgan fingerprint density at radius 3 is 3.15 bits per heavy atom. The van der Waals surface area contributed by atoms with Crippen molar-refractivity contribution in [2.75, 3.05) is 13.7 Å². The first-order chi connectivity index (χ1) is 6.42. The van der Waals surface area contributed by atoms with Crippen LogP contribution in [0.15, 0.2) is 17.2 Å². The quantitative estimate of drug-likeness (QED) is 0.788. The molecule has 0 fully saturated rings. The molecule has 1 aliphatic rings. The molecule has 2 rings (SSSR count). The second kappa shape index (κ2) is 3.85. The molecule has 1 aromatic rings. The Balaban J connectivity index is 2.18. The average Bonchev–Trinajstić information content (AvgIpc) is 2.76. The molecule has 70 valence electrons. The van der Waals surface area contributed by atoms with Gasteiger partial charge in [0, 0.05) is 11.8 Å². The molecule has 0 amide bonds. The molecule has 13 heavy (non-hydrogen) atoms. The summed E-state index contributed by atoms with van der Waals surface area (Å²) in [5, 5.41) is 9.20. The van der Waals surface area contributed by atoms with Crippen LogP contribution in [-0.4, -0.2) is 23.2 Å². The van der Waals surface area contributed by atoms with E-state index in [0.717, 1.165) is 18.7 Å². The molecule has 5 heteroatoms. The van der Waals surface area contributed by atoms with Crippen molar-refractivity contribution in [2.45, 2.75) is 12.5 Å². The maximum Gasteiger partial charge on any atom is 0.0967 e. The molecule has 0 radical (unpaired) electrons. The van der Waals surface area contributed by atoms with Crippen LogP contribution in [0.25, 0.3) is 0 Å². The summed E-state index contributed by atoms with van der Waals surface area (Å²) in [6, 6.07) is 0.168. The number of likely N-dealkylation sites (N-methyl/N-ethyl adjacent to an activating group) is 1. The number of hydrogen-bond acceptors (Lipinski definition) is 5. The van der Waals surface area contributed by atoms with Crippen LogP contribution in [0, 0.1) is 0 Å². The fraction of sp³-hybridized carbons (Fsp3) is 0.500. The molecule has 1 unspecified atom stereocenters. The van der Waals surface area contributed by atoms with Gasteiger partial charge in [0.25, 0.3) is 0 Å². The standard InChI is InChI=1S/C8H11N3OS/c1-9-8(6-2-3-12-4-6)7-5-13-11-10-7/h4-5,8-9H,2-3H2,1H3. The van der Waals surface area contributed by atoms with Gasteiger partial charge in [0.1, 0.15) is 0 Å². The van der Waals surface area contributed by atoms with Crippen molar-refractivity contribution in [1.82, 2.24) is 14.9 Å². The molecule has 4 nitrogen and oxygen atoms in total. The minimum atomic E-state index is 0.168. The third-order valence-corrected chi connectivity index (χ3v) is 2.60. The van der Waals surface area contributed by atoms with Crippen LogP contribution in [-0.2, 0) is 4.74 Å². The van der Waals surface area contributed by atoms with Crippen molar-refractivity contribution in [3.05, 3.63) is 22.9 Å². The van der Waals surface area contributed by atoms with E-state index in [1.807, 2.05) is 18.7 Å². The summed E-state index contributed by atoms with van der Waals surface area (Å²) < 4.78 is 9.04. The minimum Gasteiger partial charge on any atom is -0.501 e. The molecular formula is C8H11N3OS. The number of aromatic nitrogens is 2. The third-order valence-electron chi connectivity index (χ3n) is 2.08. The summed E-state index contributed by atoms with van der Waals surface area (Å²) in [5.41, 5.74) is 2.22. The number of nitrogens with zero attached hydrogens (tertiary/aromatic N) is 2. The molecule has 1 N–H and O–H groups in total. The van der Waals surface area contributed by atoms with Crippen molar-refractivity contribution < 1.29 is 4.74 Å². The van der Waals surface area contributed by atoms with Crippen LogP contribution in [0.3, 0.4) is 0 Å². The molecule has 0 aliphatic carbocycles. The molecule has 1 aliphatic heterocycles. The summed E-state index contributed by atoms with van der Waals surface area (Å²) >= 11 is 1.37. The van der Waals surface area contributed by atoms with Gasteiger partial charge < -0.3 is 10.1 Å². The zero-order valence-corrected chi connectivity index (χ0v) is 8.17. The molecule has 0 saturated heterocycles. The first-order valence-electron chi connectivity index (χ1n) is 4.16. The number of nitrogens with one attached hydrogen (secondary N) is 1. The highest BCUT2D eigenvalue weighted by atomic mass is 32.1. The van der Waals surface area contributed by atoms with Gasteiger partial charge >= 0.3 is 0 Å². The molecule has 0 spiro atoms. The lowest BCUT2D eigenvalue weighted by Gasteiger charge is -2.12. The largest absolute Gasteiger partial charge is 0.501 e. The Kier molecular flexibility index (Phi) is 2.56. The number of hydrogen-bond donors (Lipinski definition) is 1. The zero-order valence-electron chi connectivity index (χ0n) is 7.36. The maximum atomic E-state index is 5.19. The van der Waals surface area contributed by atoms with Gasteiger partial charge in [-0.2, -0.15) is 0 Å². The fourth-order valence-electron chi connectivity index (χ4n) is 1.43. The Labute approximate surface area is 80.8 Å². The van der Waals surface area contributed by atoms with Gasteiger partial charge in [-0.15, -0.1) is 5.10 Å². The van der Waals surface area contributed by atoms with Crippen LogP contribution < -0.4 is 5.32 Å². The molecule has 1 atom stereocenters. The van der Waals surface area contributed by atoms with E-state index >= 15 is 0 Å². The molecule has 2 heterocycles. The van der Waals surface area contributed by atoms with E-state index in [0.29, 0.717) is 0 Å². The molecule has 0 saturated carbocycles. The number of ether oxygens (including phenoxy) is 1. The van der Waals surface area contributed by atoms with E-state index < -0.39 is 0 Å². The summed E-state index contributed by atoms with van der Waals surface area (Å²) in [5.74, 6) is 0. The van der Waals surface area contributed by atoms with Crippen LogP contribution >= 0.6 is 11.5 Å². The van der Waals surface area contributed by atoms with Crippen LogP contribution in [0.2, 0.25) is 0 Å². The van der Waals surface area contributed by atoms with Gasteiger partial charge in [0.15, 0.2) is 0 Å². The Bertz CT molecular complexity index is 296. The molecular weight excluding hydrogens is 186 g/mol. The zero-order chi connectivity index (χ0) is 9.10. The Morgan fingerprint density at radius 1 is 1.69 bits per heavy atom. The lowest BCUT2D eigenvalue weighted by atomic mass is 10.0. The first-order valence-corrected chi connectivity index (χ1v) is 5.00. The molecule has 0 bridgehead atoms. The maximum absolute atomic E-state index is 5.19. The fourth-order valence-corrected chi connectivity index (χ4v) is 1.91. The topological polar surface area (TPSA) is 47.0 Å². The lowest BCUT2D eigenvalue weighted by Crippen LogP contribution is -2.18. The second-order valence-corrected chi connectivity index (χ2v) is 3.47. The van der Waals surface area contributed by atoms with Gasteiger partial charge in [-0.05, 0) is 24.2 Å². The van der Waals surface area contributed by atoms with Gasteiger partial charge in [0.05, 0.1) is 24.6 Å². The molecule has 0 aromatic carbocycles. The summed E-state index contributed by atoms with van der Waals surface area (Å²) in [6.45, 7) is 0.783. The SMILES string of the molecule is CNC(C1=COCC1)c1csnn1. The van der Waals surface area contributed by atoms with Crippen molar-refractivity contribution in [2.24, 2.45) is 0 Å².